The molecule has 5 heteroatoms. The minimum atomic E-state index is -0.373. The van der Waals surface area contributed by atoms with Crippen LogP contribution in [0.4, 0.5) is 5.82 Å². The van der Waals surface area contributed by atoms with Gasteiger partial charge in [0.25, 0.3) is 0 Å². The molecular formula is C9H12BrN3O. The smallest absolute Gasteiger partial charge is 0.236 e. The first kappa shape index (κ1) is 11.0. The average molecular weight is 258 g/mol. The van der Waals surface area contributed by atoms with Crippen molar-refractivity contribution in [1.29, 1.82) is 0 Å². The van der Waals surface area contributed by atoms with E-state index < -0.39 is 0 Å². The number of likely N-dealkylation sites (N-methyl/N-ethyl adjacent to an activating group) is 1. The summed E-state index contributed by atoms with van der Waals surface area (Å²) in [5.74, 6) is 0.344. The topological polar surface area (TPSA) is 59.2 Å². The Balaban J connectivity index is 2.90. The molecule has 0 aliphatic heterocycles. The summed E-state index contributed by atoms with van der Waals surface area (Å²) in [5, 5.41) is 0. The molecule has 0 radical (unpaired) electrons. The first-order valence-electron chi connectivity index (χ1n) is 4.12. The summed E-state index contributed by atoms with van der Waals surface area (Å²) in [4.78, 5) is 16.6. The first-order valence-corrected chi connectivity index (χ1v) is 4.91. The van der Waals surface area contributed by atoms with Crippen molar-refractivity contribution in [2.24, 2.45) is 5.73 Å². The molecule has 1 aromatic rings. The van der Waals surface area contributed by atoms with Gasteiger partial charge in [0.2, 0.25) is 5.91 Å². The van der Waals surface area contributed by atoms with Crippen molar-refractivity contribution in [2.45, 2.75) is 6.92 Å². The normalized spacial score (nSPS) is 9.93. The molecule has 0 spiro atoms. The number of aromatic nitrogens is 1. The fourth-order valence-corrected chi connectivity index (χ4v) is 1.88. The zero-order valence-corrected chi connectivity index (χ0v) is 9.71. The van der Waals surface area contributed by atoms with Crippen LogP contribution in [-0.4, -0.2) is 24.5 Å². The number of carbonyl (C=O) groups is 1. The van der Waals surface area contributed by atoms with Gasteiger partial charge in [-0.25, -0.2) is 4.98 Å². The number of halogens is 1. The molecule has 14 heavy (non-hydrogen) atoms. The minimum absolute atomic E-state index is 0.161. The number of pyridine rings is 1. The molecule has 0 saturated carbocycles. The van der Waals surface area contributed by atoms with Crippen molar-refractivity contribution in [2.75, 3.05) is 18.5 Å². The second-order valence-electron chi connectivity index (χ2n) is 3.14. The lowest BCUT2D eigenvalue weighted by atomic mass is 10.3. The standard InChI is InChI=1S/C9H12BrN3O/c1-6-3-7(10)9(12-4-6)13(2)5-8(11)14/h3-4H,5H2,1-2H3,(H2,11,14). The maximum atomic E-state index is 10.7. The van der Waals surface area contributed by atoms with Crippen molar-refractivity contribution in [3.8, 4) is 0 Å². The number of hydrogen-bond donors (Lipinski definition) is 1. The highest BCUT2D eigenvalue weighted by Crippen LogP contribution is 2.22. The second-order valence-corrected chi connectivity index (χ2v) is 3.99. The van der Waals surface area contributed by atoms with Crippen LogP contribution < -0.4 is 10.6 Å². The molecule has 0 saturated heterocycles. The molecule has 1 aromatic heterocycles. The maximum absolute atomic E-state index is 10.7. The van der Waals surface area contributed by atoms with Gasteiger partial charge in [-0.15, -0.1) is 0 Å². The summed E-state index contributed by atoms with van der Waals surface area (Å²) >= 11 is 3.38. The molecular weight excluding hydrogens is 246 g/mol. The van der Waals surface area contributed by atoms with Crippen LogP contribution in [0.25, 0.3) is 0 Å². The highest BCUT2D eigenvalue weighted by molar-refractivity contribution is 9.10. The molecule has 0 unspecified atom stereocenters. The molecule has 0 aromatic carbocycles. The van der Waals surface area contributed by atoms with Crippen molar-refractivity contribution in [3.05, 3.63) is 22.3 Å². The number of nitrogens with zero attached hydrogens (tertiary/aromatic N) is 2. The van der Waals surface area contributed by atoms with Crippen LogP contribution in [0, 0.1) is 6.92 Å². The summed E-state index contributed by atoms with van der Waals surface area (Å²) in [6.07, 6.45) is 1.75. The molecule has 0 bridgehead atoms. The van der Waals surface area contributed by atoms with E-state index in [2.05, 4.69) is 20.9 Å². The van der Waals surface area contributed by atoms with Gasteiger partial charge < -0.3 is 10.6 Å². The first-order chi connectivity index (χ1) is 6.50. The van der Waals surface area contributed by atoms with E-state index in [1.54, 1.807) is 18.1 Å². The highest BCUT2D eigenvalue weighted by atomic mass is 79.9. The Morgan fingerprint density at radius 3 is 2.86 bits per heavy atom. The number of aryl methyl sites for hydroxylation is 1. The van der Waals surface area contributed by atoms with Gasteiger partial charge in [0.1, 0.15) is 5.82 Å². The SMILES string of the molecule is Cc1cnc(N(C)CC(N)=O)c(Br)c1. The third kappa shape index (κ3) is 2.70. The summed E-state index contributed by atoms with van der Waals surface area (Å²) < 4.78 is 0.862. The zero-order valence-electron chi connectivity index (χ0n) is 8.12. The highest BCUT2D eigenvalue weighted by Gasteiger charge is 2.09. The van der Waals surface area contributed by atoms with E-state index in [9.17, 15) is 4.79 Å². The van der Waals surface area contributed by atoms with Crippen molar-refractivity contribution < 1.29 is 4.79 Å². The van der Waals surface area contributed by atoms with Gasteiger partial charge in [-0.05, 0) is 34.5 Å². The molecule has 76 valence electrons. The third-order valence-corrected chi connectivity index (χ3v) is 2.30. The van der Waals surface area contributed by atoms with Crippen LogP contribution in [0.5, 0.6) is 0 Å². The lowest BCUT2D eigenvalue weighted by Gasteiger charge is -2.17. The van der Waals surface area contributed by atoms with Crippen molar-refractivity contribution in [1.82, 2.24) is 4.98 Å². The Kier molecular flexibility index (Phi) is 3.46. The Bertz CT molecular complexity index is 354. The monoisotopic (exact) mass is 257 g/mol. The van der Waals surface area contributed by atoms with Crippen LogP contribution in [0.2, 0.25) is 0 Å². The number of amides is 1. The fraction of sp³-hybridized carbons (Fsp3) is 0.333. The number of anilines is 1. The van der Waals surface area contributed by atoms with Crippen LogP contribution >= 0.6 is 15.9 Å². The summed E-state index contributed by atoms with van der Waals surface area (Å²) in [6.45, 7) is 2.12. The summed E-state index contributed by atoms with van der Waals surface area (Å²) in [5.41, 5.74) is 6.15. The van der Waals surface area contributed by atoms with Gasteiger partial charge >= 0.3 is 0 Å². The minimum Gasteiger partial charge on any atom is -0.368 e. The second kappa shape index (κ2) is 4.41. The van der Waals surface area contributed by atoms with Crippen LogP contribution in [0.3, 0.4) is 0 Å². The third-order valence-electron chi connectivity index (χ3n) is 1.71. The zero-order chi connectivity index (χ0) is 10.7. The molecule has 0 atom stereocenters. The molecule has 1 rings (SSSR count). The lowest BCUT2D eigenvalue weighted by molar-refractivity contribution is -0.116. The predicted octanol–water partition coefficient (Wildman–Crippen LogP) is 1.07. The van der Waals surface area contributed by atoms with Crippen molar-refractivity contribution >= 4 is 27.7 Å². The van der Waals surface area contributed by atoms with E-state index in [-0.39, 0.29) is 12.5 Å². The molecule has 0 aliphatic rings. The number of primary amides is 1. The average Bonchev–Trinajstić information content (AvgIpc) is 2.01. The molecule has 4 nitrogen and oxygen atoms in total. The number of rotatable bonds is 3. The van der Waals surface area contributed by atoms with Crippen LogP contribution in [0.15, 0.2) is 16.7 Å². The fourth-order valence-electron chi connectivity index (χ4n) is 1.12. The van der Waals surface area contributed by atoms with E-state index in [0.717, 1.165) is 15.9 Å². The predicted molar refractivity (Wildman–Crippen MR) is 59.1 cm³/mol. The Morgan fingerprint density at radius 1 is 1.71 bits per heavy atom. The molecule has 0 fully saturated rings. The van der Waals surface area contributed by atoms with Crippen LogP contribution in [-0.2, 0) is 4.79 Å². The van der Waals surface area contributed by atoms with Gasteiger partial charge in [0, 0.05) is 13.2 Å². The maximum Gasteiger partial charge on any atom is 0.236 e. The quantitative estimate of drug-likeness (QED) is 0.882. The van der Waals surface area contributed by atoms with Gasteiger partial charge in [-0.1, -0.05) is 0 Å². The Hall–Kier alpha value is -1.10. The number of nitrogens with two attached hydrogens (primary N) is 1. The van der Waals surface area contributed by atoms with Crippen LogP contribution in [0.1, 0.15) is 5.56 Å². The van der Waals surface area contributed by atoms with E-state index in [4.69, 9.17) is 5.73 Å². The van der Waals surface area contributed by atoms with E-state index in [1.165, 1.54) is 0 Å². The molecule has 0 aliphatic carbocycles. The van der Waals surface area contributed by atoms with E-state index >= 15 is 0 Å². The van der Waals surface area contributed by atoms with E-state index in [1.807, 2.05) is 13.0 Å². The molecule has 1 heterocycles. The van der Waals surface area contributed by atoms with E-state index in [0.29, 0.717) is 0 Å². The van der Waals surface area contributed by atoms with Gasteiger partial charge in [-0.3, -0.25) is 4.79 Å². The van der Waals surface area contributed by atoms with Gasteiger partial charge in [0.05, 0.1) is 11.0 Å². The molecule has 1 amide bonds. The lowest BCUT2D eigenvalue weighted by Crippen LogP contribution is -2.31. The summed E-state index contributed by atoms with van der Waals surface area (Å²) in [7, 11) is 1.77. The molecule has 2 N–H and O–H groups in total. The number of hydrogen-bond acceptors (Lipinski definition) is 3. The number of carbonyl (C=O) groups excluding carboxylic acids is 1. The largest absolute Gasteiger partial charge is 0.368 e. The van der Waals surface area contributed by atoms with Crippen molar-refractivity contribution in [3.63, 3.8) is 0 Å². The summed E-state index contributed by atoms with van der Waals surface area (Å²) in [6, 6.07) is 1.94. The van der Waals surface area contributed by atoms with Gasteiger partial charge in [-0.2, -0.15) is 0 Å². The Morgan fingerprint density at radius 2 is 2.36 bits per heavy atom. The Labute approximate surface area is 91.2 Å². The van der Waals surface area contributed by atoms with Gasteiger partial charge in [0.15, 0.2) is 0 Å².